The number of likely N-dealkylation sites (N-methyl/N-ethyl adjacent to an activating group) is 1. The Morgan fingerprint density at radius 1 is 1.78 bits per heavy atom. The predicted octanol–water partition coefficient (Wildman–Crippen LogP) is 0.377. The van der Waals surface area contributed by atoms with Gasteiger partial charge >= 0.3 is 0 Å². The molecule has 1 rings (SSSR count). The van der Waals surface area contributed by atoms with Gasteiger partial charge in [-0.25, -0.2) is 0 Å². The van der Waals surface area contributed by atoms with Gasteiger partial charge in [0.2, 0.25) is 0 Å². The molecule has 1 atom stereocenters. The smallest absolute Gasteiger partial charge is 0.0304 e. The van der Waals surface area contributed by atoms with Gasteiger partial charge in [0.25, 0.3) is 0 Å². The van der Waals surface area contributed by atoms with Crippen LogP contribution in [0.15, 0.2) is 23.9 Å². The maximum absolute atomic E-state index is 5.57. The van der Waals surface area contributed by atoms with E-state index in [1.165, 1.54) is 0 Å². The Morgan fingerprint density at radius 2 is 2.56 bits per heavy atom. The van der Waals surface area contributed by atoms with Crippen LogP contribution < -0.4 is 11.1 Å². The third-order valence-electron chi connectivity index (χ3n) is 1.48. The van der Waals surface area contributed by atoms with E-state index in [-0.39, 0.29) is 0 Å². The first-order valence-electron chi connectivity index (χ1n) is 3.13. The number of hydrogen-bond acceptors (Lipinski definition) is 2. The van der Waals surface area contributed by atoms with Crippen molar-refractivity contribution < 1.29 is 0 Å². The van der Waals surface area contributed by atoms with Gasteiger partial charge in [-0.1, -0.05) is 12.2 Å². The maximum atomic E-state index is 5.57. The van der Waals surface area contributed by atoms with Crippen molar-refractivity contribution in [1.29, 1.82) is 0 Å². The van der Waals surface area contributed by atoms with Crippen molar-refractivity contribution >= 4 is 0 Å². The first-order valence-corrected chi connectivity index (χ1v) is 3.13. The second-order valence-corrected chi connectivity index (χ2v) is 2.23. The minimum atomic E-state index is 0.440. The second-order valence-electron chi connectivity index (χ2n) is 2.23. The molecule has 50 valence electrons. The number of allylic oxidation sites excluding steroid dienone is 2. The minimum absolute atomic E-state index is 0.440. The van der Waals surface area contributed by atoms with Crippen LogP contribution >= 0.6 is 0 Å². The summed E-state index contributed by atoms with van der Waals surface area (Å²) in [4.78, 5) is 0. The monoisotopic (exact) mass is 124 g/mol. The first-order chi connectivity index (χ1) is 4.33. The molecule has 1 aliphatic carbocycles. The normalized spacial score (nSPS) is 25.9. The van der Waals surface area contributed by atoms with Crippen LogP contribution in [-0.4, -0.2) is 13.1 Å². The molecular weight excluding hydrogens is 112 g/mol. The maximum Gasteiger partial charge on any atom is 0.0304 e. The average Bonchev–Trinajstić information content (AvgIpc) is 1.88. The van der Waals surface area contributed by atoms with Gasteiger partial charge in [-0.2, -0.15) is 0 Å². The Balaban J connectivity index is 2.51. The summed E-state index contributed by atoms with van der Waals surface area (Å²) < 4.78 is 0. The molecule has 0 saturated carbocycles. The molecule has 0 aromatic carbocycles. The van der Waals surface area contributed by atoms with E-state index >= 15 is 0 Å². The van der Waals surface area contributed by atoms with Gasteiger partial charge in [-0.15, -0.1) is 0 Å². The molecule has 1 unspecified atom stereocenters. The van der Waals surface area contributed by atoms with Gasteiger partial charge in [0.05, 0.1) is 0 Å². The lowest BCUT2D eigenvalue weighted by molar-refractivity contribution is 0.650. The molecule has 0 fully saturated rings. The topological polar surface area (TPSA) is 38.0 Å². The molecule has 0 radical (unpaired) electrons. The van der Waals surface area contributed by atoms with Crippen LogP contribution in [0, 0.1) is 0 Å². The van der Waals surface area contributed by atoms with Gasteiger partial charge in [0.15, 0.2) is 0 Å². The molecule has 0 aromatic rings. The van der Waals surface area contributed by atoms with Crippen molar-refractivity contribution in [3.63, 3.8) is 0 Å². The summed E-state index contributed by atoms with van der Waals surface area (Å²) in [6.45, 7) is 0. The van der Waals surface area contributed by atoms with Crippen LogP contribution in [0.5, 0.6) is 0 Å². The van der Waals surface area contributed by atoms with Crippen molar-refractivity contribution in [1.82, 2.24) is 5.32 Å². The van der Waals surface area contributed by atoms with Crippen LogP contribution in [-0.2, 0) is 0 Å². The highest BCUT2D eigenvalue weighted by Gasteiger charge is 2.04. The molecule has 3 N–H and O–H groups in total. The van der Waals surface area contributed by atoms with E-state index in [9.17, 15) is 0 Å². The number of rotatable bonds is 1. The Hall–Kier alpha value is -0.760. The Labute approximate surface area is 55.4 Å². The van der Waals surface area contributed by atoms with Crippen molar-refractivity contribution in [3.05, 3.63) is 23.9 Å². The van der Waals surface area contributed by atoms with Crippen LogP contribution in [0.25, 0.3) is 0 Å². The molecule has 0 bridgehead atoms. The number of nitrogens with one attached hydrogen (secondary N) is 1. The fraction of sp³-hybridized carbons (Fsp3) is 0.429. The van der Waals surface area contributed by atoms with Gasteiger partial charge in [-0.3, -0.25) is 0 Å². The molecule has 0 amide bonds. The molecule has 9 heavy (non-hydrogen) atoms. The molecule has 1 aliphatic rings. The molecule has 2 nitrogen and oxygen atoms in total. The van der Waals surface area contributed by atoms with Gasteiger partial charge in [-0.05, 0) is 13.1 Å². The zero-order chi connectivity index (χ0) is 6.69. The van der Waals surface area contributed by atoms with E-state index in [0.717, 1.165) is 12.1 Å². The standard InChI is InChI=1S/C7H12N2/c1-9-7-4-2-3-6(8)5-7/h2-4,7,9H,5,8H2,1H3. The molecular formula is C7H12N2. The van der Waals surface area contributed by atoms with E-state index < -0.39 is 0 Å². The van der Waals surface area contributed by atoms with Gasteiger partial charge in [0, 0.05) is 18.2 Å². The highest BCUT2D eigenvalue weighted by Crippen LogP contribution is 2.06. The summed E-state index contributed by atoms with van der Waals surface area (Å²) >= 11 is 0. The average molecular weight is 124 g/mol. The summed E-state index contributed by atoms with van der Waals surface area (Å²) in [5.74, 6) is 0. The molecule has 0 aromatic heterocycles. The minimum Gasteiger partial charge on any atom is -0.402 e. The Kier molecular flexibility index (Phi) is 1.90. The van der Waals surface area contributed by atoms with Crippen molar-refractivity contribution in [3.8, 4) is 0 Å². The third kappa shape index (κ3) is 1.57. The largest absolute Gasteiger partial charge is 0.402 e. The van der Waals surface area contributed by atoms with E-state index in [1.807, 2.05) is 19.2 Å². The summed E-state index contributed by atoms with van der Waals surface area (Å²) in [5, 5.41) is 3.13. The van der Waals surface area contributed by atoms with Gasteiger partial charge in [0.1, 0.15) is 0 Å². The fourth-order valence-corrected chi connectivity index (χ4v) is 0.902. The third-order valence-corrected chi connectivity index (χ3v) is 1.48. The predicted molar refractivity (Wildman–Crippen MR) is 38.9 cm³/mol. The van der Waals surface area contributed by atoms with Crippen molar-refractivity contribution in [2.24, 2.45) is 5.73 Å². The van der Waals surface area contributed by atoms with Crippen LogP contribution in [0.1, 0.15) is 6.42 Å². The van der Waals surface area contributed by atoms with E-state index in [1.54, 1.807) is 0 Å². The molecule has 0 heterocycles. The lowest BCUT2D eigenvalue weighted by atomic mass is 10.1. The molecule has 2 heteroatoms. The summed E-state index contributed by atoms with van der Waals surface area (Å²) in [7, 11) is 1.94. The zero-order valence-corrected chi connectivity index (χ0v) is 5.59. The summed E-state index contributed by atoms with van der Waals surface area (Å²) in [6, 6.07) is 0.440. The Bertz CT molecular complexity index is 147. The summed E-state index contributed by atoms with van der Waals surface area (Å²) in [6.07, 6.45) is 6.97. The fourth-order valence-electron chi connectivity index (χ4n) is 0.902. The van der Waals surface area contributed by atoms with Crippen molar-refractivity contribution in [2.45, 2.75) is 12.5 Å². The van der Waals surface area contributed by atoms with E-state index in [0.29, 0.717) is 6.04 Å². The molecule has 0 spiro atoms. The number of hydrogen-bond donors (Lipinski definition) is 2. The lowest BCUT2D eigenvalue weighted by Gasteiger charge is -2.14. The SMILES string of the molecule is CNC1C=CC=C(N)C1. The van der Waals surface area contributed by atoms with Crippen LogP contribution in [0.4, 0.5) is 0 Å². The Morgan fingerprint density at radius 3 is 3.00 bits per heavy atom. The molecule has 0 saturated heterocycles. The van der Waals surface area contributed by atoms with Gasteiger partial charge < -0.3 is 11.1 Å². The quantitative estimate of drug-likeness (QED) is 0.530. The highest BCUT2D eigenvalue weighted by atomic mass is 14.9. The van der Waals surface area contributed by atoms with E-state index in [4.69, 9.17) is 5.73 Å². The highest BCUT2D eigenvalue weighted by molar-refractivity contribution is 5.19. The van der Waals surface area contributed by atoms with Crippen LogP contribution in [0.2, 0.25) is 0 Å². The second kappa shape index (κ2) is 2.69. The zero-order valence-electron chi connectivity index (χ0n) is 5.59. The lowest BCUT2D eigenvalue weighted by Crippen LogP contribution is -2.26. The summed E-state index contributed by atoms with van der Waals surface area (Å²) in [5.41, 5.74) is 6.53. The molecule has 0 aliphatic heterocycles. The van der Waals surface area contributed by atoms with Crippen LogP contribution in [0.3, 0.4) is 0 Å². The number of nitrogens with two attached hydrogens (primary N) is 1. The van der Waals surface area contributed by atoms with E-state index in [2.05, 4.69) is 11.4 Å². The first kappa shape index (κ1) is 6.36. The van der Waals surface area contributed by atoms with Crippen molar-refractivity contribution in [2.75, 3.05) is 7.05 Å².